The Morgan fingerprint density at radius 3 is 2.32 bits per heavy atom. The van der Waals surface area contributed by atoms with Gasteiger partial charge in [0, 0.05) is 19.3 Å². The molecule has 0 radical (unpaired) electrons. The van der Waals surface area contributed by atoms with Crippen molar-refractivity contribution in [2.45, 2.75) is 63.0 Å². The molecule has 122 valence electrons. The average molecular weight is 325 g/mol. The standard InChI is InChI=1S/C16H23NO4S/c1-3-15(18)21-16(11-5-4-6-12-16)17-22(19,20)14-9-7-13(2)8-10-14/h7-10,17H,3-6,11-12H2,1-2H3. The third kappa shape index (κ3) is 4.08. The van der Waals surface area contributed by atoms with Gasteiger partial charge in [0.1, 0.15) is 0 Å². The maximum absolute atomic E-state index is 12.6. The molecule has 0 heterocycles. The van der Waals surface area contributed by atoms with Crippen molar-refractivity contribution < 1.29 is 17.9 Å². The SMILES string of the molecule is CCC(=O)OC1(NS(=O)(=O)c2ccc(C)cc2)CCCCC1. The summed E-state index contributed by atoms with van der Waals surface area (Å²) < 4.78 is 33.3. The predicted molar refractivity (Wildman–Crippen MR) is 83.7 cm³/mol. The van der Waals surface area contributed by atoms with Crippen LogP contribution in [0.5, 0.6) is 0 Å². The van der Waals surface area contributed by atoms with Crippen LogP contribution in [-0.2, 0) is 19.6 Å². The molecule has 0 spiro atoms. The van der Waals surface area contributed by atoms with Crippen LogP contribution < -0.4 is 4.72 Å². The van der Waals surface area contributed by atoms with Crippen LogP contribution in [0.2, 0.25) is 0 Å². The lowest BCUT2D eigenvalue weighted by atomic mass is 9.92. The van der Waals surface area contributed by atoms with Gasteiger partial charge in [-0.2, -0.15) is 4.72 Å². The molecule has 1 aromatic carbocycles. The van der Waals surface area contributed by atoms with Crippen molar-refractivity contribution >= 4 is 16.0 Å². The molecule has 6 heteroatoms. The monoisotopic (exact) mass is 325 g/mol. The summed E-state index contributed by atoms with van der Waals surface area (Å²) in [6, 6.07) is 6.63. The van der Waals surface area contributed by atoms with Crippen LogP contribution >= 0.6 is 0 Å². The van der Waals surface area contributed by atoms with Crippen molar-refractivity contribution in [3.63, 3.8) is 0 Å². The molecule has 1 aliphatic carbocycles. The molecule has 1 aromatic rings. The molecule has 1 saturated carbocycles. The first-order chi connectivity index (χ1) is 10.4. The van der Waals surface area contributed by atoms with Gasteiger partial charge in [-0.05, 0) is 31.9 Å². The first kappa shape index (κ1) is 17.0. The summed E-state index contributed by atoms with van der Waals surface area (Å²) >= 11 is 0. The van der Waals surface area contributed by atoms with E-state index in [0.29, 0.717) is 12.8 Å². The molecule has 0 amide bonds. The summed E-state index contributed by atoms with van der Waals surface area (Å²) in [5, 5.41) is 0. The number of benzene rings is 1. The van der Waals surface area contributed by atoms with Crippen LogP contribution in [0, 0.1) is 6.92 Å². The van der Waals surface area contributed by atoms with Gasteiger partial charge < -0.3 is 4.74 Å². The number of hydrogen-bond donors (Lipinski definition) is 1. The third-order valence-electron chi connectivity index (χ3n) is 3.91. The molecule has 5 nitrogen and oxygen atoms in total. The minimum Gasteiger partial charge on any atom is -0.443 e. The van der Waals surface area contributed by atoms with E-state index in [1.165, 1.54) is 0 Å². The average Bonchev–Trinajstić information content (AvgIpc) is 2.47. The number of sulfonamides is 1. The number of hydrogen-bond acceptors (Lipinski definition) is 4. The molecule has 1 N–H and O–H groups in total. The van der Waals surface area contributed by atoms with E-state index in [1.807, 2.05) is 6.92 Å². The van der Waals surface area contributed by atoms with Gasteiger partial charge in [-0.25, -0.2) is 8.42 Å². The normalized spacial score (nSPS) is 17.9. The zero-order chi connectivity index (χ0) is 16.2. The molecule has 0 aromatic heterocycles. The Kier molecular flexibility index (Phi) is 5.24. The number of esters is 1. The molecule has 22 heavy (non-hydrogen) atoms. The fourth-order valence-corrected chi connectivity index (χ4v) is 4.01. The van der Waals surface area contributed by atoms with Gasteiger partial charge in [-0.3, -0.25) is 4.79 Å². The van der Waals surface area contributed by atoms with E-state index in [-0.39, 0.29) is 17.3 Å². The van der Waals surface area contributed by atoms with Crippen LogP contribution in [-0.4, -0.2) is 20.1 Å². The number of nitrogens with one attached hydrogen (secondary N) is 1. The van der Waals surface area contributed by atoms with E-state index in [4.69, 9.17) is 4.74 Å². The third-order valence-corrected chi connectivity index (χ3v) is 5.44. The van der Waals surface area contributed by atoms with Crippen molar-refractivity contribution in [3.05, 3.63) is 29.8 Å². The van der Waals surface area contributed by atoms with E-state index in [1.54, 1.807) is 31.2 Å². The van der Waals surface area contributed by atoms with E-state index in [0.717, 1.165) is 24.8 Å². The van der Waals surface area contributed by atoms with Gasteiger partial charge >= 0.3 is 5.97 Å². The Morgan fingerprint density at radius 1 is 1.18 bits per heavy atom. The smallest absolute Gasteiger partial charge is 0.307 e. The van der Waals surface area contributed by atoms with E-state index in [9.17, 15) is 13.2 Å². The van der Waals surface area contributed by atoms with Gasteiger partial charge in [-0.1, -0.05) is 31.0 Å². The van der Waals surface area contributed by atoms with Gasteiger partial charge in [0.2, 0.25) is 10.0 Å². The molecular formula is C16H23NO4S. The first-order valence-corrected chi connectivity index (χ1v) is 9.18. The summed E-state index contributed by atoms with van der Waals surface area (Å²) in [6.45, 7) is 3.60. The summed E-state index contributed by atoms with van der Waals surface area (Å²) in [5.74, 6) is -0.381. The molecule has 0 bridgehead atoms. The Morgan fingerprint density at radius 2 is 1.77 bits per heavy atom. The van der Waals surface area contributed by atoms with Crippen molar-refractivity contribution in [2.75, 3.05) is 0 Å². The molecule has 2 rings (SSSR count). The van der Waals surface area contributed by atoms with Crippen LogP contribution in [0.1, 0.15) is 51.0 Å². The lowest BCUT2D eigenvalue weighted by Crippen LogP contribution is -2.52. The Balaban J connectivity index is 2.25. The Labute approximate surface area is 132 Å². The molecule has 0 atom stereocenters. The lowest BCUT2D eigenvalue weighted by molar-refractivity contribution is -0.164. The Bertz CT molecular complexity index is 616. The quantitative estimate of drug-likeness (QED) is 0.667. The summed E-state index contributed by atoms with van der Waals surface area (Å²) in [6.07, 6.45) is 3.97. The highest BCUT2D eigenvalue weighted by Gasteiger charge is 2.39. The second-order valence-corrected chi connectivity index (χ2v) is 7.48. The summed E-state index contributed by atoms with van der Waals surface area (Å²) in [7, 11) is -3.72. The maximum atomic E-state index is 12.6. The highest BCUT2D eigenvalue weighted by Crippen LogP contribution is 2.31. The minimum absolute atomic E-state index is 0.190. The first-order valence-electron chi connectivity index (χ1n) is 7.69. The zero-order valence-corrected chi connectivity index (χ0v) is 13.9. The number of carbonyl (C=O) groups excluding carboxylic acids is 1. The molecule has 0 aliphatic heterocycles. The molecular weight excluding hydrogens is 302 g/mol. The van der Waals surface area contributed by atoms with Crippen LogP contribution in [0.25, 0.3) is 0 Å². The highest BCUT2D eigenvalue weighted by atomic mass is 32.2. The van der Waals surface area contributed by atoms with Crippen LogP contribution in [0.3, 0.4) is 0 Å². The molecule has 1 aliphatic rings. The molecule has 0 unspecified atom stereocenters. The van der Waals surface area contributed by atoms with Crippen molar-refractivity contribution in [2.24, 2.45) is 0 Å². The van der Waals surface area contributed by atoms with Crippen molar-refractivity contribution in [1.82, 2.24) is 4.72 Å². The topological polar surface area (TPSA) is 72.5 Å². The summed E-state index contributed by atoms with van der Waals surface area (Å²) in [5.41, 5.74) is -0.113. The highest BCUT2D eigenvalue weighted by molar-refractivity contribution is 7.89. The lowest BCUT2D eigenvalue weighted by Gasteiger charge is -2.36. The predicted octanol–water partition coefficient (Wildman–Crippen LogP) is 2.89. The van der Waals surface area contributed by atoms with Crippen LogP contribution in [0.15, 0.2) is 29.2 Å². The van der Waals surface area contributed by atoms with Gasteiger partial charge in [-0.15, -0.1) is 0 Å². The van der Waals surface area contributed by atoms with E-state index < -0.39 is 15.7 Å². The second-order valence-electron chi connectivity index (χ2n) is 5.80. The minimum atomic E-state index is -3.72. The largest absolute Gasteiger partial charge is 0.443 e. The number of aryl methyl sites for hydroxylation is 1. The van der Waals surface area contributed by atoms with Crippen molar-refractivity contribution in [1.29, 1.82) is 0 Å². The van der Waals surface area contributed by atoms with E-state index >= 15 is 0 Å². The second kappa shape index (κ2) is 6.79. The number of rotatable bonds is 5. The summed E-state index contributed by atoms with van der Waals surface area (Å²) in [4.78, 5) is 11.9. The van der Waals surface area contributed by atoms with Crippen LogP contribution in [0.4, 0.5) is 0 Å². The Hall–Kier alpha value is -1.40. The fraction of sp³-hybridized carbons (Fsp3) is 0.562. The van der Waals surface area contributed by atoms with Gasteiger partial charge in [0.25, 0.3) is 0 Å². The fourth-order valence-electron chi connectivity index (χ4n) is 2.66. The molecule has 0 saturated heterocycles. The van der Waals surface area contributed by atoms with Gasteiger partial charge in [0.15, 0.2) is 5.72 Å². The van der Waals surface area contributed by atoms with Gasteiger partial charge in [0.05, 0.1) is 4.90 Å². The maximum Gasteiger partial charge on any atom is 0.307 e. The number of carbonyl (C=O) groups is 1. The van der Waals surface area contributed by atoms with E-state index in [2.05, 4.69) is 4.72 Å². The van der Waals surface area contributed by atoms with Crippen molar-refractivity contribution in [3.8, 4) is 0 Å². The molecule has 1 fully saturated rings. The zero-order valence-electron chi connectivity index (χ0n) is 13.1. The number of ether oxygens (including phenoxy) is 1.